The maximum Gasteiger partial charge on any atom is 0.274 e. The Morgan fingerprint density at radius 2 is 1.77 bits per heavy atom. The molecule has 0 aliphatic carbocycles. The van der Waals surface area contributed by atoms with Crippen LogP contribution in [0.3, 0.4) is 0 Å². The number of benzene rings is 1. The normalized spacial score (nSPS) is 16.3. The van der Waals surface area contributed by atoms with Crippen molar-refractivity contribution in [2.75, 3.05) is 38.5 Å². The molecule has 1 aliphatic heterocycles. The molecule has 0 unspecified atom stereocenters. The minimum Gasteiger partial charge on any atom is -0.351 e. The second-order valence-electron chi connectivity index (χ2n) is 9.17. The predicted molar refractivity (Wildman–Crippen MR) is 119 cm³/mol. The zero-order valence-electron chi connectivity index (χ0n) is 18.3. The number of anilines is 1. The second kappa shape index (κ2) is 8.20. The van der Waals surface area contributed by atoms with Gasteiger partial charge in [-0.3, -0.25) is 14.8 Å². The van der Waals surface area contributed by atoms with Crippen molar-refractivity contribution in [3.8, 4) is 0 Å². The first-order valence-electron chi connectivity index (χ1n) is 10.5. The SMILES string of the molecule is CN1CCN(Cc2cc(=O)n3[nH]c(NCc4ccc(C(C)(C)C)cc4)nc3n2)CC1. The van der Waals surface area contributed by atoms with Gasteiger partial charge in [0.1, 0.15) is 0 Å². The molecule has 2 N–H and O–H groups in total. The van der Waals surface area contributed by atoms with Gasteiger partial charge in [-0.2, -0.15) is 9.50 Å². The van der Waals surface area contributed by atoms with Gasteiger partial charge in [0.25, 0.3) is 11.3 Å². The molecule has 160 valence electrons. The Balaban J connectivity index is 1.44. The molecule has 0 bridgehead atoms. The molecule has 3 heterocycles. The van der Waals surface area contributed by atoms with Gasteiger partial charge in [-0.05, 0) is 23.6 Å². The van der Waals surface area contributed by atoms with Gasteiger partial charge in [-0.15, -0.1) is 0 Å². The van der Waals surface area contributed by atoms with E-state index >= 15 is 0 Å². The fourth-order valence-corrected chi connectivity index (χ4v) is 3.63. The molecule has 1 aromatic carbocycles. The zero-order valence-corrected chi connectivity index (χ0v) is 18.3. The van der Waals surface area contributed by atoms with Gasteiger partial charge >= 0.3 is 0 Å². The Morgan fingerprint density at radius 1 is 1.07 bits per heavy atom. The molecular formula is C22H31N7O. The van der Waals surface area contributed by atoms with Gasteiger partial charge in [0.15, 0.2) is 0 Å². The number of aromatic amines is 1. The Morgan fingerprint density at radius 3 is 2.43 bits per heavy atom. The molecule has 8 heteroatoms. The van der Waals surface area contributed by atoms with Crippen molar-refractivity contribution in [2.24, 2.45) is 0 Å². The van der Waals surface area contributed by atoms with Crippen LogP contribution in [-0.2, 0) is 18.5 Å². The van der Waals surface area contributed by atoms with E-state index in [-0.39, 0.29) is 11.0 Å². The lowest BCUT2D eigenvalue weighted by atomic mass is 9.87. The number of likely N-dealkylation sites (N-methyl/N-ethyl adjacent to an activating group) is 1. The molecule has 30 heavy (non-hydrogen) atoms. The summed E-state index contributed by atoms with van der Waals surface area (Å²) in [6, 6.07) is 10.2. The van der Waals surface area contributed by atoms with E-state index in [9.17, 15) is 4.79 Å². The van der Waals surface area contributed by atoms with E-state index in [1.807, 2.05) is 0 Å². The number of hydrogen-bond acceptors (Lipinski definition) is 6. The van der Waals surface area contributed by atoms with Gasteiger partial charge in [-0.1, -0.05) is 45.0 Å². The van der Waals surface area contributed by atoms with Crippen molar-refractivity contribution >= 4 is 11.7 Å². The Hall–Kier alpha value is -2.71. The third kappa shape index (κ3) is 4.71. The molecule has 0 saturated carbocycles. The molecule has 0 spiro atoms. The standard InChI is InChI=1S/C22H31N7O/c1-22(2,3)17-7-5-16(6-8-17)14-23-20-25-21-24-18(13-19(30)29(21)26-20)15-28-11-9-27(4)10-12-28/h5-8,13H,9-12,14-15H2,1-4H3,(H2,23,24,25,26). The van der Waals surface area contributed by atoms with Crippen LogP contribution < -0.4 is 10.9 Å². The van der Waals surface area contributed by atoms with Crippen LogP contribution in [-0.4, -0.2) is 62.6 Å². The highest BCUT2D eigenvalue weighted by molar-refractivity contribution is 5.38. The third-order valence-corrected chi connectivity index (χ3v) is 5.65. The maximum absolute atomic E-state index is 12.5. The van der Waals surface area contributed by atoms with Crippen molar-refractivity contribution in [3.63, 3.8) is 0 Å². The minimum atomic E-state index is -0.140. The molecule has 1 saturated heterocycles. The van der Waals surface area contributed by atoms with E-state index in [2.05, 4.69) is 82.3 Å². The summed E-state index contributed by atoms with van der Waals surface area (Å²) in [5, 5.41) is 6.26. The van der Waals surface area contributed by atoms with Crippen LogP contribution in [0.2, 0.25) is 0 Å². The molecule has 0 amide bonds. The number of piperazine rings is 1. The van der Waals surface area contributed by atoms with Crippen molar-refractivity contribution in [1.82, 2.24) is 29.4 Å². The van der Waals surface area contributed by atoms with Crippen LogP contribution in [0.1, 0.15) is 37.6 Å². The quantitative estimate of drug-likeness (QED) is 0.672. The summed E-state index contributed by atoms with van der Waals surface area (Å²) in [5.74, 6) is 0.938. The molecular weight excluding hydrogens is 378 g/mol. The summed E-state index contributed by atoms with van der Waals surface area (Å²) in [5.41, 5.74) is 3.22. The number of aromatic nitrogens is 4. The van der Waals surface area contributed by atoms with E-state index in [0.29, 0.717) is 24.8 Å². The smallest absolute Gasteiger partial charge is 0.274 e. The fourth-order valence-electron chi connectivity index (χ4n) is 3.63. The Kier molecular flexibility index (Phi) is 5.62. The Labute approximate surface area is 176 Å². The molecule has 8 nitrogen and oxygen atoms in total. The highest BCUT2D eigenvalue weighted by Crippen LogP contribution is 2.22. The van der Waals surface area contributed by atoms with Gasteiger partial charge in [0.2, 0.25) is 5.95 Å². The van der Waals surface area contributed by atoms with Crippen LogP contribution in [0.5, 0.6) is 0 Å². The molecule has 1 fully saturated rings. The molecule has 1 aliphatic rings. The number of H-pyrrole nitrogens is 1. The highest BCUT2D eigenvalue weighted by Gasteiger charge is 2.16. The summed E-state index contributed by atoms with van der Waals surface area (Å²) in [6.07, 6.45) is 0. The average molecular weight is 410 g/mol. The number of nitrogens with zero attached hydrogens (tertiary/aromatic N) is 5. The van der Waals surface area contributed by atoms with Crippen LogP contribution in [0.25, 0.3) is 5.78 Å². The van der Waals surface area contributed by atoms with Crippen molar-refractivity contribution < 1.29 is 0 Å². The largest absolute Gasteiger partial charge is 0.351 e. The predicted octanol–water partition coefficient (Wildman–Crippen LogP) is 2.07. The summed E-state index contributed by atoms with van der Waals surface area (Å²) >= 11 is 0. The number of fused-ring (bicyclic) bond motifs is 1. The first kappa shape index (κ1) is 20.6. The topological polar surface area (TPSA) is 81.6 Å². The summed E-state index contributed by atoms with van der Waals surface area (Å²) < 4.78 is 1.39. The Bertz CT molecular complexity index is 1050. The zero-order chi connectivity index (χ0) is 21.3. The van der Waals surface area contributed by atoms with Crippen LogP contribution in [0.4, 0.5) is 5.95 Å². The number of rotatable bonds is 5. The fraction of sp³-hybridized carbons (Fsp3) is 0.500. The monoisotopic (exact) mass is 409 g/mol. The van der Waals surface area contributed by atoms with Gasteiger partial charge in [-0.25, -0.2) is 4.98 Å². The van der Waals surface area contributed by atoms with E-state index in [1.54, 1.807) is 6.07 Å². The summed E-state index contributed by atoms with van der Waals surface area (Å²) in [4.78, 5) is 26.2. The van der Waals surface area contributed by atoms with Crippen molar-refractivity contribution in [2.45, 2.75) is 39.3 Å². The van der Waals surface area contributed by atoms with E-state index < -0.39 is 0 Å². The first-order valence-corrected chi connectivity index (χ1v) is 10.5. The van der Waals surface area contributed by atoms with Gasteiger partial charge in [0, 0.05) is 45.3 Å². The molecule has 3 aromatic rings. The average Bonchev–Trinajstić information content (AvgIpc) is 3.11. The molecule has 4 rings (SSSR count). The van der Waals surface area contributed by atoms with Crippen molar-refractivity contribution in [1.29, 1.82) is 0 Å². The van der Waals surface area contributed by atoms with Crippen LogP contribution >= 0.6 is 0 Å². The van der Waals surface area contributed by atoms with E-state index in [0.717, 1.165) is 37.4 Å². The maximum atomic E-state index is 12.5. The van der Waals surface area contributed by atoms with Gasteiger partial charge in [0.05, 0.1) is 5.69 Å². The summed E-state index contributed by atoms with van der Waals surface area (Å²) in [6.45, 7) is 12.0. The minimum absolute atomic E-state index is 0.138. The first-order chi connectivity index (χ1) is 14.3. The third-order valence-electron chi connectivity index (χ3n) is 5.65. The molecule has 2 aromatic heterocycles. The number of nitrogens with one attached hydrogen (secondary N) is 2. The lowest BCUT2D eigenvalue weighted by Gasteiger charge is -2.31. The van der Waals surface area contributed by atoms with E-state index in [1.165, 1.54) is 10.1 Å². The number of hydrogen-bond donors (Lipinski definition) is 2. The highest BCUT2D eigenvalue weighted by atomic mass is 16.1. The lowest BCUT2D eigenvalue weighted by Crippen LogP contribution is -2.44. The lowest BCUT2D eigenvalue weighted by molar-refractivity contribution is 0.147. The van der Waals surface area contributed by atoms with E-state index in [4.69, 9.17) is 0 Å². The molecule has 0 atom stereocenters. The van der Waals surface area contributed by atoms with Gasteiger partial charge < -0.3 is 10.2 Å². The van der Waals surface area contributed by atoms with Crippen molar-refractivity contribution in [3.05, 3.63) is 57.5 Å². The summed E-state index contributed by atoms with van der Waals surface area (Å²) in [7, 11) is 2.13. The molecule has 0 radical (unpaired) electrons. The van der Waals surface area contributed by atoms with Crippen LogP contribution in [0, 0.1) is 0 Å². The second-order valence-corrected chi connectivity index (χ2v) is 9.17. The van der Waals surface area contributed by atoms with Crippen LogP contribution in [0.15, 0.2) is 35.1 Å².